The first-order chi connectivity index (χ1) is 23.0. The smallest absolute Gasteiger partial charge is 0.325 e. The molecule has 48 heavy (non-hydrogen) atoms. The molecule has 23 heteroatoms. The number of nitrogen functional groups attached to an aromatic ring is 1. The van der Waals surface area contributed by atoms with Crippen LogP contribution >= 0.6 is 14.2 Å². The normalized spacial score (nSPS) is 37.3. The molecule has 0 amide bonds. The molecule has 4 aliphatic heterocycles. The number of halogens is 1. The highest BCUT2D eigenvalue weighted by Gasteiger charge is 2.53. The standard InChI is InChI=1S/C25H29BFN9O9P2S/c1-39-19-18-13(43-25(19)35-5-11-3-2-4-29-21-14(11)22(35)32-9-31-21)7-41-47(38,48)45-17-12(6-40-46(26,37)44-18)42-24(15(17)27)36-10-34-16-20(28)30-8-33-23(16)36/h5,8-10,12-13,15,17-19,24-25H,2-4,6-7H2,1H3,(H,38,48)(H2,28,30,33)(H,29,31,32)/t12-,13-,15?,17?,18?,19?,24-,25-,46?,47?/m1/s1. The zero-order valence-electron chi connectivity index (χ0n) is 25.1. The van der Waals surface area contributed by atoms with Crippen molar-refractivity contribution in [3.05, 3.63) is 30.7 Å². The number of hydrogen-bond acceptors (Lipinski definition) is 16. The molecule has 18 nitrogen and oxygen atoms in total. The van der Waals surface area contributed by atoms with Gasteiger partial charge in [0.1, 0.15) is 60.2 Å². The van der Waals surface area contributed by atoms with E-state index < -0.39 is 76.6 Å². The van der Waals surface area contributed by atoms with Crippen molar-refractivity contribution < 1.29 is 46.2 Å². The number of nitrogens with one attached hydrogen (secondary N) is 1. The number of nitrogens with zero attached hydrogens (tertiary/aromatic N) is 7. The summed E-state index contributed by atoms with van der Waals surface area (Å²) in [7, 11) is 3.11. The molecule has 4 aromatic heterocycles. The molecule has 10 atom stereocenters. The molecule has 3 fully saturated rings. The minimum Gasteiger partial charge on any atom is -0.382 e. The Bertz CT molecular complexity index is 1980. The summed E-state index contributed by atoms with van der Waals surface area (Å²) >= 11 is 5.30. The minimum atomic E-state index is -4.41. The van der Waals surface area contributed by atoms with E-state index in [1.54, 1.807) is 4.57 Å². The summed E-state index contributed by atoms with van der Waals surface area (Å²) in [6, 6.07) is 0. The van der Waals surface area contributed by atoms with Gasteiger partial charge in [-0.3, -0.25) is 13.7 Å². The first-order valence-electron chi connectivity index (χ1n) is 14.9. The maximum Gasteiger partial charge on any atom is 0.325 e. The predicted molar refractivity (Wildman–Crippen MR) is 169 cm³/mol. The lowest BCUT2D eigenvalue weighted by Crippen LogP contribution is -2.39. The van der Waals surface area contributed by atoms with Crippen LogP contribution in [0.25, 0.3) is 22.2 Å². The third kappa shape index (κ3) is 5.64. The molecule has 0 bridgehead atoms. The van der Waals surface area contributed by atoms with Gasteiger partial charge in [-0.2, -0.15) is 0 Å². The SMILES string of the molecule is [B]P1(=O)OC[C@H]2O[C@@H](n3cnc4c(N)ncnc43)C(F)C2OP(O)(=S)OC[C@H]2O[C@@H](n3cc4c5c(ncnc53)NCCC4)C(OC)C2O1. The van der Waals surface area contributed by atoms with Crippen molar-refractivity contribution in [1.82, 2.24) is 34.1 Å². The van der Waals surface area contributed by atoms with Crippen molar-refractivity contribution in [2.24, 2.45) is 0 Å². The number of ether oxygens (including phenoxy) is 3. The van der Waals surface area contributed by atoms with Crippen LogP contribution in [-0.4, -0.2) is 110 Å². The Morgan fingerprint density at radius 2 is 1.81 bits per heavy atom. The summed E-state index contributed by atoms with van der Waals surface area (Å²) in [5.41, 5.74) is 7.87. The molecular formula is C25H29BFN9O9P2S. The first kappa shape index (κ1) is 32.5. The number of anilines is 2. The number of aryl methyl sites for hydroxylation is 1. The summed E-state index contributed by atoms with van der Waals surface area (Å²) in [6.07, 6.45) is -2.73. The van der Waals surface area contributed by atoms with E-state index in [1.165, 1.54) is 30.7 Å². The Morgan fingerprint density at radius 1 is 1.06 bits per heavy atom. The van der Waals surface area contributed by atoms with E-state index in [4.69, 9.17) is 57.4 Å². The van der Waals surface area contributed by atoms with E-state index in [0.717, 1.165) is 30.3 Å². The van der Waals surface area contributed by atoms with Crippen LogP contribution < -0.4 is 11.1 Å². The minimum absolute atomic E-state index is 0.0812. The van der Waals surface area contributed by atoms with Gasteiger partial charge in [0.2, 0.25) is 7.57 Å². The highest BCUT2D eigenvalue weighted by Crippen LogP contribution is 2.54. The van der Waals surface area contributed by atoms with Gasteiger partial charge in [0.15, 0.2) is 30.1 Å². The Balaban J connectivity index is 1.09. The lowest BCUT2D eigenvalue weighted by Gasteiger charge is -2.30. The van der Waals surface area contributed by atoms with E-state index in [9.17, 15) is 9.46 Å². The maximum absolute atomic E-state index is 16.1. The summed E-state index contributed by atoms with van der Waals surface area (Å²) in [4.78, 5) is 32.2. The van der Waals surface area contributed by atoms with Crippen molar-refractivity contribution in [2.45, 2.75) is 62.0 Å². The monoisotopic (exact) mass is 723 g/mol. The molecule has 0 saturated carbocycles. The van der Waals surface area contributed by atoms with E-state index >= 15 is 4.39 Å². The molecule has 4 N–H and O–H groups in total. The first-order valence-corrected chi connectivity index (χ1v) is 19.1. The highest BCUT2D eigenvalue weighted by atomic mass is 32.5. The fourth-order valence-electron chi connectivity index (χ4n) is 6.57. The summed E-state index contributed by atoms with van der Waals surface area (Å²) in [6.45, 7) is -4.42. The van der Waals surface area contributed by atoms with Crippen LogP contribution in [0.3, 0.4) is 0 Å². The average molecular weight is 723 g/mol. The summed E-state index contributed by atoms with van der Waals surface area (Å²) in [5.74, 6) is 0.778. The molecule has 254 valence electrons. The van der Waals surface area contributed by atoms with Crippen LogP contribution in [0.4, 0.5) is 16.0 Å². The number of imidazole rings is 1. The Morgan fingerprint density at radius 3 is 2.65 bits per heavy atom. The zero-order valence-corrected chi connectivity index (χ0v) is 27.7. The van der Waals surface area contributed by atoms with Crippen molar-refractivity contribution in [3.8, 4) is 0 Å². The second kappa shape index (κ2) is 12.3. The molecule has 0 aliphatic carbocycles. The Hall–Kier alpha value is -2.68. The number of hydrogen-bond donors (Lipinski definition) is 3. The molecule has 4 aromatic rings. The molecule has 8 rings (SSSR count). The number of alkyl halides is 1. The van der Waals surface area contributed by atoms with E-state index in [-0.39, 0.29) is 17.0 Å². The van der Waals surface area contributed by atoms with Crippen LogP contribution in [0, 0.1) is 0 Å². The quantitative estimate of drug-likeness (QED) is 0.203. The molecule has 0 aromatic carbocycles. The highest BCUT2D eigenvalue weighted by molar-refractivity contribution is 8.07. The molecule has 3 saturated heterocycles. The van der Waals surface area contributed by atoms with Gasteiger partial charge in [0.05, 0.1) is 24.9 Å². The van der Waals surface area contributed by atoms with Crippen LogP contribution in [0.1, 0.15) is 24.4 Å². The van der Waals surface area contributed by atoms with E-state index in [0.29, 0.717) is 11.5 Å². The second-order valence-corrected chi connectivity index (χ2v) is 15.9. The maximum atomic E-state index is 16.1. The third-order valence-electron chi connectivity index (χ3n) is 8.71. The van der Waals surface area contributed by atoms with Crippen LogP contribution in [0.5, 0.6) is 0 Å². The Kier molecular flexibility index (Phi) is 8.32. The zero-order chi connectivity index (χ0) is 33.4. The molecule has 8 heterocycles. The Labute approximate surface area is 277 Å². The van der Waals surface area contributed by atoms with Crippen molar-refractivity contribution >= 4 is 67.4 Å². The number of methoxy groups -OCH3 is 1. The summed E-state index contributed by atoms with van der Waals surface area (Å²) < 4.78 is 73.8. The fraction of sp³-hybridized carbons (Fsp3) is 0.560. The third-order valence-corrected chi connectivity index (χ3v) is 11.3. The number of aromatic nitrogens is 7. The number of fused-ring (bicyclic) bond motifs is 3. The molecule has 6 unspecified atom stereocenters. The van der Waals surface area contributed by atoms with E-state index in [1.807, 2.05) is 6.20 Å². The van der Waals surface area contributed by atoms with Crippen LogP contribution in [0.2, 0.25) is 0 Å². The molecule has 4 aliphatic rings. The lowest BCUT2D eigenvalue weighted by molar-refractivity contribution is -0.0600. The van der Waals surface area contributed by atoms with Gasteiger partial charge in [-0.1, -0.05) is 0 Å². The van der Waals surface area contributed by atoms with Gasteiger partial charge in [-0.15, -0.1) is 0 Å². The summed E-state index contributed by atoms with van der Waals surface area (Å²) in [5, 5.41) is 4.16. The molecular weight excluding hydrogens is 694 g/mol. The van der Waals surface area contributed by atoms with Crippen molar-refractivity contribution in [3.63, 3.8) is 0 Å². The fourth-order valence-corrected chi connectivity index (χ4v) is 9.02. The van der Waals surface area contributed by atoms with Gasteiger partial charge >= 0.3 is 6.72 Å². The van der Waals surface area contributed by atoms with Crippen LogP contribution in [-0.2, 0) is 55.1 Å². The lowest BCUT2D eigenvalue weighted by atomic mass is 10.1. The van der Waals surface area contributed by atoms with Gasteiger partial charge < -0.3 is 48.3 Å². The number of rotatable bonds is 3. The largest absolute Gasteiger partial charge is 0.382 e. The van der Waals surface area contributed by atoms with Crippen LogP contribution in [0.15, 0.2) is 25.2 Å². The molecule has 2 radical (unpaired) electrons. The van der Waals surface area contributed by atoms with Gasteiger partial charge in [0, 0.05) is 19.9 Å². The van der Waals surface area contributed by atoms with Crippen molar-refractivity contribution in [1.29, 1.82) is 0 Å². The second-order valence-electron chi connectivity index (χ2n) is 11.6. The van der Waals surface area contributed by atoms with Gasteiger partial charge in [-0.25, -0.2) is 29.3 Å². The number of nitrogens with two attached hydrogens (primary N) is 1. The predicted octanol–water partition coefficient (Wildman–Crippen LogP) is 1.67. The van der Waals surface area contributed by atoms with E-state index in [2.05, 4.69) is 30.2 Å². The van der Waals surface area contributed by atoms with Gasteiger partial charge in [-0.05, 0) is 30.2 Å². The topological polar surface area (TPSA) is 214 Å². The average Bonchev–Trinajstić information content (AvgIpc) is 3.77. The van der Waals surface area contributed by atoms with Gasteiger partial charge in [0.25, 0.3) is 7.47 Å². The van der Waals surface area contributed by atoms with Crippen molar-refractivity contribution in [2.75, 3.05) is 37.9 Å². The molecule has 0 spiro atoms.